The third-order valence-electron chi connectivity index (χ3n) is 4.88. The molecule has 1 aliphatic rings. The van der Waals surface area contributed by atoms with Gasteiger partial charge in [-0.1, -0.05) is 18.2 Å². The number of thioether (sulfide) groups is 1. The van der Waals surface area contributed by atoms with Crippen LogP contribution < -0.4 is 15.6 Å². The highest BCUT2D eigenvalue weighted by Gasteiger charge is 2.26. The van der Waals surface area contributed by atoms with Crippen LogP contribution in [-0.2, 0) is 9.59 Å². The minimum Gasteiger partial charge on any atom is -0.322 e. The molecule has 35 heavy (non-hydrogen) atoms. The molecule has 0 aliphatic carbocycles. The summed E-state index contributed by atoms with van der Waals surface area (Å²) in [5.41, 5.74) is 1.39. The molecule has 0 spiro atoms. The Morgan fingerprint density at radius 1 is 0.971 bits per heavy atom. The van der Waals surface area contributed by atoms with Crippen molar-refractivity contribution in [2.24, 2.45) is 5.10 Å². The standard InChI is InChI=1S/C24H19N5O5S/c30-22(26-21-14-23(31)28(27-21)18-4-2-1-3-5-18)15-35-20-12-8-17(9-13-20)25-24(32)16-6-10-19(11-7-16)29(33)34/h1-13H,14-15H2,(H,25,32)(H,26,27,30). The molecule has 0 saturated heterocycles. The molecular weight excluding hydrogens is 470 g/mol. The number of nitrogens with one attached hydrogen (secondary N) is 2. The molecule has 3 amide bonds. The predicted octanol–water partition coefficient (Wildman–Crippen LogP) is 3.81. The Morgan fingerprint density at radius 3 is 2.31 bits per heavy atom. The van der Waals surface area contributed by atoms with Crippen LogP contribution >= 0.6 is 11.8 Å². The van der Waals surface area contributed by atoms with Gasteiger partial charge in [-0.2, -0.15) is 10.1 Å². The lowest BCUT2D eigenvalue weighted by atomic mass is 10.2. The summed E-state index contributed by atoms with van der Waals surface area (Å²) in [5, 5.41) is 21.6. The van der Waals surface area contributed by atoms with Gasteiger partial charge in [-0.15, -0.1) is 11.8 Å². The number of non-ortho nitro benzene ring substituents is 1. The van der Waals surface area contributed by atoms with E-state index in [1.165, 1.54) is 41.0 Å². The van der Waals surface area contributed by atoms with Gasteiger partial charge in [-0.25, -0.2) is 0 Å². The number of carbonyl (C=O) groups is 3. The number of para-hydroxylation sites is 1. The monoisotopic (exact) mass is 489 g/mol. The third-order valence-corrected chi connectivity index (χ3v) is 5.89. The van der Waals surface area contributed by atoms with E-state index in [4.69, 9.17) is 0 Å². The number of rotatable bonds is 7. The van der Waals surface area contributed by atoms with Crippen LogP contribution in [0, 0.1) is 10.1 Å². The summed E-state index contributed by atoms with van der Waals surface area (Å²) < 4.78 is 0. The van der Waals surface area contributed by atoms with E-state index in [0.717, 1.165) is 4.90 Å². The SMILES string of the molecule is O=C(CSc1ccc(NC(=O)c2ccc([N+](=O)[O-])cc2)cc1)NC1=NN(c2ccccc2)C(=O)C1. The highest BCUT2D eigenvalue weighted by atomic mass is 32.2. The molecule has 0 radical (unpaired) electrons. The van der Waals surface area contributed by atoms with Crippen molar-refractivity contribution in [1.29, 1.82) is 0 Å². The van der Waals surface area contributed by atoms with Gasteiger partial charge < -0.3 is 10.6 Å². The summed E-state index contributed by atoms with van der Waals surface area (Å²) in [6.45, 7) is 0. The quantitative estimate of drug-likeness (QED) is 0.294. The smallest absolute Gasteiger partial charge is 0.269 e. The molecule has 4 rings (SSSR count). The molecule has 10 nitrogen and oxygen atoms in total. The Morgan fingerprint density at radius 2 is 1.66 bits per heavy atom. The number of benzene rings is 3. The molecule has 3 aromatic rings. The molecule has 11 heteroatoms. The van der Waals surface area contributed by atoms with Gasteiger partial charge in [0.1, 0.15) is 5.84 Å². The summed E-state index contributed by atoms with van der Waals surface area (Å²) in [5.74, 6) is -0.477. The lowest BCUT2D eigenvalue weighted by molar-refractivity contribution is -0.384. The van der Waals surface area contributed by atoms with Gasteiger partial charge in [-0.05, 0) is 48.5 Å². The zero-order valence-electron chi connectivity index (χ0n) is 18.2. The maximum Gasteiger partial charge on any atom is 0.269 e. The van der Waals surface area contributed by atoms with E-state index in [1.54, 1.807) is 48.5 Å². The highest BCUT2D eigenvalue weighted by molar-refractivity contribution is 8.00. The molecule has 0 bridgehead atoms. The first-order valence-electron chi connectivity index (χ1n) is 10.4. The Hall–Kier alpha value is -4.51. The van der Waals surface area contributed by atoms with Crippen LogP contribution in [0.15, 0.2) is 88.9 Å². The first-order valence-corrected chi connectivity index (χ1v) is 11.4. The number of nitrogens with zero attached hydrogens (tertiary/aromatic N) is 3. The molecular formula is C24H19N5O5S. The molecule has 0 fully saturated rings. The van der Waals surface area contributed by atoms with Crippen molar-refractivity contribution in [3.63, 3.8) is 0 Å². The largest absolute Gasteiger partial charge is 0.322 e. The zero-order chi connectivity index (χ0) is 24.8. The lowest BCUT2D eigenvalue weighted by Crippen LogP contribution is -2.31. The summed E-state index contributed by atoms with van der Waals surface area (Å²) in [7, 11) is 0. The number of anilines is 2. The van der Waals surface area contributed by atoms with Gasteiger partial charge in [0.05, 0.1) is 22.8 Å². The molecule has 2 N–H and O–H groups in total. The Balaban J connectivity index is 1.27. The van der Waals surface area contributed by atoms with Crippen molar-refractivity contribution in [2.45, 2.75) is 11.3 Å². The van der Waals surface area contributed by atoms with Crippen LogP contribution in [0.1, 0.15) is 16.8 Å². The molecule has 0 saturated carbocycles. The zero-order valence-corrected chi connectivity index (χ0v) is 19.0. The number of hydrazone groups is 1. The van der Waals surface area contributed by atoms with Crippen molar-refractivity contribution in [2.75, 3.05) is 16.1 Å². The number of hydrogen-bond donors (Lipinski definition) is 2. The van der Waals surface area contributed by atoms with Crippen molar-refractivity contribution < 1.29 is 19.3 Å². The van der Waals surface area contributed by atoms with Gasteiger partial charge in [0.2, 0.25) is 5.91 Å². The molecule has 176 valence electrons. The Labute approximate surface area is 204 Å². The lowest BCUT2D eigenvalue weighted by Gasteiger charge is -2.10. The van der Waals surface area contributed by atoms with Crippen molar-refractivity contribution in [3.05, 3.63) is 94.5 Å². The van der Waals surface area contributed by atoms with Crippen molar-refractivity contribution in [1.82, 2.24) is 5.32 Å². The summed E-state index contributed by atoms with van der Waals surface area (Å²) in [4.78, 5) is 47.8. The summed E-state index contributed by atoms with van der Waals surface area (Å²) >= 11 is 1.30. The second-order valence-electron chi connectivity index (χ2n) is 7.38. The molecule has 1 aliphatic heterocycles. The fraction of sp³-hybridized carbons (Fsp3) is 0.0833. The number of amidine groups is 1. The molecule has 0 aromatic heterocycles. The fourth-order valence-corrected chi connectivity index (χ4v) is 3.89. The van der Waals surface area contributed by atoms with Gasteiger partial charge in [0.15, 0.2) is 0 Å². The Kier molecular flexibility index (Phi) is 7.17. The summed E-state index contributed by atoms with van der Waals surface area (Å²) in [6.07, 6.45) is 0.0223. The average Bonchev–Trinajstić information content (AvgIpc) is 3.23. The van der Waals surface area contributed by atoms with E-state index in [1.807, 2.05) is 6.07 Å². The van der Waals surface area contributed by atoms with Crippen molar-refractivity contribution in [3.8, 4) is 0 Å². The van der Waals surface area contributed by atoms with Crippen LogP contribution in [0.4, 0.5) is 17.1 Å². The van der Waals surface area contributed by atoms with Crippen LogP contribution in [0.5, 0.6) is 0 Å². The van der Waals surface area contributed by atoms with E-state index in [2.05, 4.69) is 15.7 Å². The topological polar surface area (TPSA) is 134 Å². The van der Waals surface area contributed by atoms with E-state index in [-0.39, 0.29) is 29.7 Å². The second-order valence-corrected chi connectivity index (χ2v) is 8.43. The van der Waals surface area contributed by atoms with Gasteiger partial charge in [-0.3, -0.25) is 24.5 Å². The fourth-order valence-electron chi connectivity index (χ4n) is 3.19. The van der Waals surface area contributed by atoms with Crippen LogP contribution in [0.3, 0.4) is 0 Å². The van der Waals surface area contributed by atoms with E-state index >= 15 is 0 Å². The van der Waals surface area contributed by atoms with Crippen molar-refractivity contribution >= 4 is 52.4 Å². The van der Waals surface area contributed by atoms with Crippen LogP contribution in [0.2, 0.25) is 0 Å². The van der Waals surface area contributed by atoms with E-state index in [0.29, 0.717) is 22.8 Å². The van der Waals surface area contributed by atoms with Gasteiger partial charge >= 0.3 is 0 Å². The van der Waals surface area contributed by atoms with Gasteiger partial charge in [0.25, 0.3) is 17.5 Å². The molecule has 1 heterocycles. The first kappa shape index (κ1) is 23.6. The van der Waals surface area contributed by atoms with Gasteiger partial charge in [0, 0.05) is 28.3 Å². The van der Waals surface area contributed by atoms with E-state index < -0.39 is 10.8 Å². The molecule has 0 unspecified atom stereocenters. The van der Waals surface area contributed by atoms with Crippen LogP contribution in [-0.4, -0.2) is 34.2 Å². The molecule has 3 aromatic carbocycles. The maximum absolute atomic E-state index is 12.3. The van der Waals surface area contributed by atoms with E-state index in [9.17, 15) is 24.5 Å². The first-order chi connectivity index (χ1) is 16.9. The highest BCUT2D eigenvalue weighted by Crippen LogP contribution is 2.22. The average molecular weight is 490 g/mol. The Bertz CT molecular complexity index is 1290. The van der Waals surface area contributed by atoms with Crippen LogP contribution in [0.25, 0.3) is 0 Å². The number of carbonyl (C=O) groups excluding carboxylic acids is 3. The number of amides is 3. The maximum atomic E-state index is 12.3. The summed E-state index contributed by atoms with van der Waals surface area (Å²) in [6, 6.07) is 21.2. The minimum absolute atomic E-state index is 0.0223. The third kappa shape index (κ3) is 6.09. The number of nitro groups is 1. The molecule has 0 atom stereocenters. The second kappa shape index (κ2) is 10.6. The predicted molar refractivity (Wildman–Crippen MR) is 132 cm³/mol. The number of nitro benzene ring substituents is 1. The number of hydrogen-bond acceptors (Lipinski definition) is 7. The minimum atomic E-state index is -0.529. The normalized spacial score (nSPS) is 12.7.